The summed E-state index contributed by atoms with van der Waals surface area (Å²) in [5.74, 6) is 0.358. The summed E-state index contributed by atoms with van der Waals surface area (Å²) in [5, 5.41) is 14.2. The number of aryl methyl sites for hydroxylation is 1. The molecule has 9 heteroatoms. The highest BCUT2D eigenvalue weighted by Gasteiger charge is 2.25. The first kappa shape index (κ1) is 26.0. The van der Waals surface area contributed by atoms with Gasteiger partial charge in [-0.3, -0.25) is 14.2 Å². The molecule has 3 aromatic heterocycles. The molecule has 0 atom stereocenters. The Morgan fingerprint density at radius 2 is 1.93 bits per heavy atom. The topological polar surface area (TPSA) is 89.2 Å². The standard InChI is InChI=1S/C31H27FN4O3S/c1-35-16-21(14-26(30(35)38)34-28-9-8-22(40-2)15-33-28)23-4-3-5-27(24(23)17-37)36-11-10-19-12-20(18-6-7-18)13-25(32)29(19)31(36)39/h3-5,8-16,18,37H,6-7,17H2,1-2H3,(H,33,34). The van der Waals surface area contributed by atoms with Gasteiger partial charge in [0, 0.05) is 41.7 Å². The number of aromatic nitrogens is 3. The van der Waals surface area contributed by atoms with Crippen LogP contribution in [0.1, 0.15) is 29.9 Å². The van der Waals surface area contributed by atoms with Crippen molar-refractivity contribution >= 4 is 34.0 Å². The number of rotatable bonds is 7. The predicted molar refractivity (Wildman–Crippen MR) is 157 cm³/mol. The molecule has 40 heavy (non-hydrogen) atoms. The van der Waals surface area contributed by atoms with E-state index in [9.17, 15) is 14.7 Å². The fraction of sp³-hybridized carbons (Fsp3) is 0.194. The van der Waals surface area contributed by atoms with E-state index < -0.39 is 11.4 Å². The summed E-state index contributed by atoms with van der Waals surface area (Å²) in [6.45, 7) is -0.373. The van der Waals surface area contributed by atoms with Crippen molar-refractivity contribution in [3.63, 3.8) is 0 Å². The number of nitrogens with zero attached hydrogens (tertiary/aromatic N) is 3. The van der Waals surface area contributed by atoms with E-state index in [-0.39, 0.29) is 17.6 Å². The Morgan fingerprint density at radius 3 is 2.62 bits per heavy atom. The summed E-state index contributed by atoms with van der Waals surface area (Å²) in [7, 11) is 1.65. The molecule has 0 unspecified atom stereocenters. The second kappa shape index (κ2) is 10.4. The summed E-state index contributed by atoms with van der Waals surface area (Å²) in [6, 6.07) is 15.8. The molecule has 3 heterocycles. The van der Waals surface area contributed by atoms with Gasteiger partial charge in [0.05, 0.1) is 17.7 Å². The van der Waals surface area contributed by atoms with Crippen molar-refractivity contribution in [1.82, 2.24) is 14.1 Å². The van der Waals surface area contributed by atoms with E-state index in [0.29, 0.717) is 45.2 Å². The Bertz CT molecular complexity index is 1880. The zero-order chi connectivity index (χ0) is 28.0. The Labute approximate surface area is 234 Å². The third-order valence-electron chi connectivity index (χ3n) is 7.33. The SMILES string of the molecule is CSc1ccc(Nc2cc(-c3cccc(-n4ccc5cc(C6CC6)cc(F)c5c4=O)c3CO)cn(C)c2=O)nc1. The summed E-state index contributed by atoms with van der Waals surface area (Å²) in [4.78, 5) is 31.9. The predicted octanol–water partition coefficient (Wildman–Crippen LogP) is 5.73. The van der Waals surface area contributed by atoms with Crippen LogP contribution in [-0.4, -0.2) is 25.5 Å². The zero-order valence-electron chi connectivity index (χ0n) is 22.0. The molecule has 0 saturated heterocycles. The normalized spacial score (nSPS) is 13.1. The van der Waals surface area contributed by atoms with Crippen molar-refractivity contribution in [3.05, 3.63) is 111 Å². The molecular weight excluding hydrogens is 527 g/mol. The maximum Gasteiger partial charge on any atom is 0.274 e. The van der Waals surface area contributed by atoms with Crippen molar-refractivity contribution in [2.24, 2.45) is 7.05 Å². The van der Waals surface area contributed by atoms with E-state index in [2.05, 4.69) is 10.3 Å². The molecule has 2 aromatic carbocycles. The molecule has 202 valence electrons. The number of aliphatic hydroxyl groups excluding tert-OH is 1. The molecule has 7 nitrogen and oxygen atoms in total. The molecule has 2 N–H and O–H groups in total. The molecule has 0 aliphatic heterocycles. The first-order valence-electron chi connectivity index (χ1n) is 12.9. The van der Waals surface area contributed by atoms with Gasteiger partial charge in [0.2, 0.25) is 0 Å². The largest absolute Gasteiger partial charge is 0.392 e. The van der Waals surface area contributed by atoms with E-state index in [4.69, 9.17) is 0 Å². The lowest BCUT2D eigenvalue weighted by atomic mass is 9.98. The van der Waals surface area contributed by atoms with Crippen molar-refractivity contribution in [2.75, 3.05) is 11.6 Å². The summed E-state index contributed by atoms with van der Waals surface area (Å²) >= 11 is 1.57. The van der Waals surface area contributed by atoms with Crippen LogP contribution >= 0.6 is 11.8 Å². The Balaban J connectivity index is 1.45. The minimum atomic E-state index is -0.534. The van der Waals surface area contributed by atoms with Crippen molar-refractivity contribution in [2.45, 2.75) is 30.3 Å². The lowest BCUT2D eigenvalue weighted by Crippen LogP contribution is -2.21. The maximum absolute atomic E-state index is 15.2. The van der Waals surface area contributed by atoms with Gasteiger partial charge in [-0.05, 0) is 77.9 Å². The molecule has 0 bridgehead atoms. The van der Waals surface area contributed by atoms with Crippen LogP contribution in [0.4, 0.5) is 15.9 Å². The molecule has 0 radical (unpaired) electrons. The fourth-order valence-electron chi connectivity index (χ4n) is 5.09. The lowest BCUT2D eigenvalue weighted by Gasteiger charge is -2.17. The van der Waals surface area contributed by atoms with Crippen LogP contribution in [0.2, 0.25) is 0 Å². The van der Waals surface area contributed by atoms with E-state index in [0.717, 1.165) is 23.3 Å². The average molecular weight is 555 g/mol. The number of fused-ring (bicyclic) bond motifs is 1. The summed E-state index contributed by atoms with van der Waals surface area (Å²) < 4.78 is 18.0. The number of halogens is 1. The number of nitrogens with one attached hydrogen (secondary N) is 1. The second-order valence-corrected chi connectivity index (χ2v) is 10.8. The first-order valence-corrected chi connectivity index (χ1v) is 14.2. The molecular formula is C31H27FN4O3S. The van der Waals surface area contributed by atoms with Gasteiger partial charge in [0.25, 0.3) is 11.1 Å². The third kappa shape index (κ3) is 4.71. The smallest absolute Gasteiger partial charge is 0.274 e. The highest BCUT2D eigenvalue weighted by atomic mass is 32.2. The van der Waals surface area contributed by atoms with Gasteiger partial charge in [-0.15, -0.1) is 11.8 Å². The monoisotopic (exact) mass is 554 g/mol. The molecule has 0 amide bonds. The number of hydrogen-bond acceptors (Lipinski definition) is 6. The van der Waals surface area contributed by atoms with Gasteiger partial charge in [-0.2, -0.15) is 0 Å². The number of aliphatic hydroxyl groups is 1. The van der Waals surface area contributed by atoms with Crippen molar-refractivity contribution < 1.29 is 9.50 Å². The second-order valence-electron chi connectivity index (χ2n) is 9.96. The quantitative estimate of drug-likeness (QED) is 0.250. The molecule has 0 spiro atoms. The highest BCUT2D eigenvalue weighted by Crippen LogP contribution is 2.41. The van der Waals surface area contributed by atoms with Crippen LogP contribution in [0, 0.1) is 5.82 Å². The van der Waals surface area contributed by atoms with Crippen LogP contribution in [-0.2, 0) is 13.7 Å². The Morgan fingerprint density at radius 1 is 1.10 bits per heavy atom. The van der Waals surface area contributed by atoms with E-state index >= 15 is 4.39 Å². The van der Waals surface area contributed by atoms with Crippen LogP contribution < -0.4 is 16.4 Å². The molecule has 1 saturated carbocycles. The average Bonchev–Trinajstić information content (AvgIpc) is 3.81. The van der Waals surface area contributed by atoms with E-state index in [1.54, 1.807) is 67.7 Å². The number of pyridine rings is 3. The van der Waals surface area contributed by atoms with E-state index in [1.165, 1.54) is 15.2 Å². The van der Waals surface area contributed by atoms with Crippen LogP contribution in [0.15, 0.2) is 87.7 Å². The van der Waals surface area contributed by atoms with Crippen molar-refractivity contribution in [1.29, 1.82) is 0 Å². The Kier molecular flexibility index (Phi) is 6.77. The zero-order valence-corrected chi connectivity index (χ0v) is 22.8. The Hall–Kier alpha value is -4.21. The molecule has 1 fully saturated rings. The minimum absolute atomic E-state index is 0.0229. The van der Waals surface area contributed by atoms with Gasteiger partial charge >= 0.3 is 0 Å². The molecule has 6 rings (SSSR count). The summed E-state index contributed by atoms with van der Waals surface area (Å²) in [5.41, 5.74) is 2.72. The van der Waals surface area contributed by atoms with Gasteiger partial charge in [-0.25, -0.2) is 9.37 Å². The maximum atomic E-state index is 15.2. The number of hydrogen-bond donors (Lipinski definition) is 2. The lowest BCUT2D eigenvalue weighted by molar-refractivity contribution is 0.282. The van der Waals surface area contributed by atoms with Gasteiger partial charge in [0.1, 0.15) is 17.3 Å². The van der Waals surface area contributed by atoms with Gasteiger partial charge in [0.15, 0.2) is 0 Å². The molecule has 1 aliphatic carbocycles. The minimum Gasteiger partial charge on any atom is -0.392 e. The fourth-order valence-corrected chi connectivity index (χ4v) is 5.45. The molecule has 5 aromatic rings. The first-order chi connectivity index (χ1) is 19.4. The molecule has 1 aliphatic rings. The van der Waals surface area contributed by atoms with Crippen molar-refractivity contribution in [3.8, 4) is 16.8 Å². The van der Waals surface area contributed by atoms with Gasteiger partial charge < -0.3 is 15.0 Å². The van der Waals surface area contributed by atoms with Crippen LogP contribution in [0.25, 0.3) is 27.6 Å². The van der Waals surface area contributed by atoms with Gasteiger partial charge in [-0.1, -0.05) is 18.2 Å². The van der Waals surface area contributed by atoms with Crippen LogP contribution in [0.5, 0.6) is 0 Å². The van der Waals surface area contributed by atoms with Crippen LogP contribution in [0.3, 0.4) is 0 Å². The third-order valence-corrected chi connectivity index (χ3v) is 8.04. The summed E-state index contributed by atoms with van der Waals surface area (Å²) in [6.07, 6.45) is 9.07. The number of anilines is 2. The highest BCUT2D eigenvalue weighted by molar-refractivity contribution is 7.98. The number of benzene rings is 2. The number of thioether (sulfide) groups is 1. The van der Waals surface area contributed by atoms with E-state index in [1.807, 2.05) is 24.5 Å².